The van der Waals surface area contributed by atoms with Crippen molar-refractivity contribution in [1.82, 2.24) is 0 Å². The van der Waals surface area contributed by atoms with E-state index in [1.807, 2.05) is 23.1 Å². The van der Waals surface area contributed by atoms with E-state index in [0.29, 0.717) is 42.6 Å². The van der Waals surface area contributed by atoms with E-state index >= 15 is 0 Å². The van der Waals surface area contributed by atoms with E-state index in [1.54, 1.807) is 19.2 Å². The SMILES string of the molecule is COc1ccc2c(c1)OCCN(c1ccc(NC(=O)c3ccc(F)cc3)cc1C(=O)O)C2. The number of hydrogen-bond acceptors (Lipinski definition) is 5. The van der Waals surface area contributed by atoms with Crippen LogP contribution in [-0.2, 0) is 6.54 Å². The molecule has 1 heterocycles. The molecule has 0 aromatic heterocycles. The van der Waals surface area contributed by atoms with Crippen LogP contribution in [0.4, 0.5) is 15.8 Å². The Morgan fingerprint density at radius 2 is 1.88 bits per heavy atom. The minimum absolute atomic E-state index is 0.0545. The van der Waals surface area contributed by atoms with Gasteiger partial charge in [-0.2, -0.15) is 0 Å². The van der Waals surface area contributed by atoms with Gasteiger partial charge in [0.25, 0.3) is 5.91 Å². The number of amides is 1. The summed E-state index contributed by atoms with van der Waals surface area (Å²) < 4.78 is 24.1. The molecule has 4 rings (SSSR count). The summed E-state index contributed by atoms with van der Waals surface area (Å²) in [7, 11) is 1.58. The van der Waals surface area contributed by atoms with E-state index in [2.05, 4.69) is 5.32 Å². The summed E-state index contributed by atoms with van der Waals surface area (Å²) in [5.74, 6) is -0.629. The van der Waals surface area contributed by atoms with Crippen molar-refractivity contribution in [2.45, 2.75) is 6.54 Å². The van der Waals surface area contributed by atoms with Crippen LogP contribution in [0.1, 0.15) is 26.3 Å². The highest BCUT2D eigenvalue weighted by Gasteiger charge is 2.22. The zero-order valence-corrected chi connectivity index (χ0v) is 17.3. The lowest BCUT2D eigenvalue weighted by molar-refractivity contribution is 0.0697. The maximum absolute atomic E-state index is 13.1. The van der Waals surface area contributed by atoms with Crippen molar-refractivity contribution in [2.75, 3.05) is 30.5 Å². The van der Waals surface area contributed by atoms with Gasteiger partial charge in [-0.15, -0.1) is 0 Å². The number of aromatic carboxylic acids is 1. The fraction of sp³-hybridized carbons (Fsp3) is 0.167. The third kappa shape index (κ3) is 4.49. The number of carbonyl (C=O) groups excluding carboxylic acids is 1. The normalized spacial score (nSPS) is 12.9. The number of fused-ring (bicyclic) bond motifs is 1. The summed E-state index contributed by atoms with van der Waals surface area (Å²) in [6.45, 7) is 1.32. The van der Waals surface area contributed by atoms with Crippen molar-refractivity contribution in [3.8, 4) is 11.5 Å². The van der Waals surface area contributed by atoms with Gasteiger partial charge in [0.05, 0.1) is 24.9 Å². The molecule has 32 heavy (non-hydrogen) atoms. The predicted molar refractivity (Wildman–Crippen MR) is 117 cm³/mol. The number of methoxy groups -OCH3 is 1. The van der Waals surface area contributed by atoms with Crippen LogP contribution in [0.2, 0.25) is 0 Å². The Morgan fingerprint density at radius 1 is 1.09 bits per heavy atom. The highest BCUT2D eigenvalue weighted by atomic mass is 19.1. The molecule has 7 nitrogen and oxygen atoms in total. The van der Waals surface area contributed by atoms with E-state index in [0.717, 1.165) is 5.56 Å². The first-order valence-electron chi connectivity index (χ1n) is 9.93. The number of carboxylic acids is 1. The topological polar surface area (TPSA) is 88.1 Å². The van der Waals surface area contributed by atoms with E-state index in [4.69, 9.17) is 9.47 Å². The fourth-order valence-corrected chi connectivity index (χ4v) is 3.55. The molecule has 8 heteroatoms. The average molecular weight is 436 g/mol. The second-order valence-electron chi connectivity index (χ2n) is 7.24. The molecule has 0 saturated heterocycles. The van der Waals surface area contributed by atoms with Gasteiger partial charge in [0.15, 0.2) is 0 Å². The first kappa shape index (κ1) is 21.2. The van der Waals surface area contributed by atoms with E-state index in [1.165, 1.54) is 30.3 Å². The van der Waals surface area contributed by atoms with Crippen LogP contribution in [0.15, 0.2) is 60.7 Å². The molecule has 1 amide bonds. The number of rotatable bonds is 5. The van der Waals surface area contributed by atoms with Gasteiger partial charge >= 0.3 is 5.97 Å². The predicted octanol–water partition coefficient (Wildman–Crippen LogP) is 4.18. The summed E-state index contributed by atoms with van der Waals surface area (Å²) in [4.78, 5) is 26.3. The largest absolute Gasteiger partial charge is 0.497 e. The average Bonchev–Trinajstić information content (AvgIpc) is 3.01. The van der Waals surface area contributed by atoms with Crippen molar-refractivity contribution in [1.29, 1.82) is 0 Å². The summed E-state index contributed by atoms with van der Waals surface area (Å²) in [6.07, 6.45) is 0. The lowest BCUT2D eigenvalue weighted by atomic mass is 10.1. The van der Waals surface area contributed by atoms with Crippen LogP contribution in [0, 0.1) is 5.82 Å². The van der Waals surface area contributed by atoms with Crippen LogP contribution in [0.3, 0.4) is 0 Å². The van der Waals surface area contributed by atoms with Gasteiger partial charge in [-0.05, 0) is 54.6 Å². The molecule has 0 bridgehead atoms. The molecule has 0 aliphatic carbocycles. The Balaban J connectivity index is 1.59. The number of anilines is 2. The van der Waals surface area contributed by atoms with E-state index < -0.39 is 17.7 Å². The third-order valence-corrected chi connectivity index (χ3v) is 5.19. The van der Waals surface area contributed by atoms with Gasteiger partial charge in [0.1, 0.15) is 23.9 Å². The van der Waals surface area contributed by atoms with Gasteiger partial charge in [-0.1, -0.05) is 0 Å². The van der Waals surface area contributed by atoms with Crippen LogP contribution >= 0.6 is 0 Å². The summed E-state index contributed by atoms with van der Waals surface area (Å²) >= 11 is 0. The Labute approximate surface area is 184 Å². The molecule has 3 aromatic carbocycles. The fourth-order valence-electron chi connectivity index (χ4n) is 3.55. The minimum atomic E-state index is -1.11. The molecular formula is C24H21FN2O5. The molecule has 1 aliphatic rings. The maximum atomic E-state index is 13.1. The van der Waals surface area contributed by atoms with Gasteiger partial charge in [-0.3, -0.25) is 4.79 Å². The first-order valence-corrected chi connectivity index (χ1v) is 9.93. The number of ether oxygens (including phenoxy) is 2. The molecule has 0 spiro atoms. The van der Waals surface area contributed by atoms with E-state index in [-0.39, 0.29) is 11.1 Å². The van der Waals surface area contributed by atoms with Crippen molar-refractivity contribution < 1.29 is 28.6 Å². The van der Waals surface area contributed by atoms with Gasteiger partial charge in [0.2, 0.25) is 0 Å². The van der Waals surface area contributed by atoms with Crippen LogP contribution in [0.5, 0.6) is 11.5 Å². The summed E-state index contributed by atoms with van der Waals surface area (Å²) in [6, 6.07) is 15.4. The maximum Gasteiger partial charge on any atom is 0.337 e. The van der Waals surface area contributed by atoms with Crippen LogP contribution < -0.4 is 19.7 Å². The molecule has 3 aromatic rings. The standard InChI is InChI=1S/C24H21FN2O5/c1-31-19-8-4-16-14-27(10-11-32-22(16)13-19)21-9-7-18(12-20(21)24(29)30)26-23(28)15-2-5-17(25)6-3-15/h2-9,12-13H,10-11,14H2,1H3,(H,26,28)(H,29,30). The number of carbonyl (C=O) groups is 2. The van der Waals surface area contributed by atoms with Crippen LogP contribution in [-0.4, -0.2) is 37.2 Å². The zero-order chi connectivity index (χ0) is 22.7. The van der Waals surface area contributed by atoms with Crippen molar-refractivity contribution >= 4 is 23.3 Å². The second-order valence-corrected chi connectivity index (χ2v) is 7.24. The third-order valence-electron chi connectivity index (χ3n) is 5.19. The smallest absolute Gasteiger partial charge is 0.337 e. The van der Waals surface area contributed by atoms with Crippen molar-refractivity contribution in [2.24, 2.45) is 0 Å². The second kappa shape index (κ2) is 8.97. The molecule has 2 N–H and O–H groups in total. The monoisotopic (exact) mass is 436 g/mol. The number of carboxylic acid groups (broad SMARTS) is 1. The number of nitrogens with zero attached hydrogens (tertiary/aromatic N) is 1. The highest BCUT2D eigenvalue weighted by Crippen LogP contribution is 2.32. The number of benzene rings is 3. The molecule has 1 aliphatic heterocycles. The summed E-state index contributed by atoms with van der Waals surface area (Å²) in [5.41, 5.74) is 2.08. The lowest BCUT2D eigenvalue weighted by Crippen LogP contribution is -2.27. The van der Waals surface area contributed by atoms with Gasteiger partial charge < -0.3 is 24.8 Å². The van der Waals surface area contributed by atoms with Crippen molar-refractivity contribution in [3.05, 3.63) is 83.2 Å². The van der Waals surface area contributed by atoms with Gasteiger partial charge in [-0.25, -0.2) is 9.18 Å². The Hall–Kier alpha value is -4.07. The quantitative estimate of drug-likeness (QED) is 0.624. The molecule has 0 radical (unpaired) electrons. The Morgan fingerprint density at radius 3 is 2.59 bits per heavy atom. The Kier molecular flexibility index (Phi) is 5.93. The van der Waals surface area contributed by atoms with Crippen LogP contribution in [0.25, 0.3) is 0 Å². The zero-order valence-electron chi connectivity index (χ0n) is 17.3. The Bertz CT molecular complexity index is 1160. The molecule has 0 saturated carbocycles. The molecule has 0 atom stereocenters. The number of hydrogen-bond donors (Lipinski definition) is 2. The van der Waals surface area contributed by atoms with E-state index in [9.17, 15) is 19.1 Å². The first-order chi connectivity index (χ1) is 15.4. The minimum Gasteiger partial charge on any atom is -0.497 e. The molecule has 0 fully saturated rings. The van der Waals surface area contributed by atoms with Crippen molar-refractivity contribution in [3.63, 3.8) is 0 Å². The lowest BCUT2D eigenvalue weighted by Gasteiger charge is -2.24. The molecular weight excluding hydrogens is 415 g/mol. The highest BCUT2D eigenvalue weighted by molar-refractivity contribution is 6.05. The molecule has 164 valence electrons. The number of halogens is 1. The number of nitrogens with one attached hydrogen (secondary N) is 1. The van der Waals surface area contributed by atoms with Gasteiger partial charge in [0, 0.05) is 29.4 Å². The summed E-state index contributed by atoms with van der Waals surface area (Å²) in [5, 5.41) is 12.5. The molecule has 0 unspecified atom stereocenters.